The smallest absolute Gasteiger partial charge is 0.171 e. The minimum absolute atomic E-state index is 0.0357. The van der Waals surface area contributed by atoms with E-state index in [0.29, 0.717) is 23.3 Å². The zero-order chi connectivity index (χ0) is 13.5. The minimum atomic E-state index is -0.363. The molecule has 0 amide bonds. The topological polar surface area (TPSA) is 46.6 Å². The largest absolute Gasteiger partial charge is 0.486 e. The van der Waals surface area contributed by atoms with Gasteiger partial charge in [0.25, 0.3) is 0 Å². The second-order valence-corrected chi connectivity index (χ2v) is 5.53. The van der Waals surface area contributed by atoms with Crippen LogP contribution in [0.1, 0.15) is 40.0 Å². The van der Waals surface area contributed by atoms with Crippen LogP contribution in [0.3, 0.4) is 0 Å². The third-order valence-corrected chi connectivity index (χ3v) is 4.17. The molecule has 19 heavy (non-hydrogen) atoms. The Balaban J connectivity index is 1.97. The number of ketones is 1. The molecule has 2 heterocycles. The van der Waals surface area contributed by atoms with Gasteiger partial charge in [-0.3, -0.25) is 9.59 Å². The average molecular weight is 259 g/mol. The van der Waals surface area contributed by atoms with E-state index in [1.54, 1.807) is 18.2 Å². The number of fused-ring (bicyclic) bond motifs is 1. The fourth-order valence-electron chi connectivity index (χ4n) is 2.98. The summed E-state index contributed by atoms with van der Waals surface area (Å²) in [6.07, 6.45) is 2.84. The Morgan fingerprint density at radius 1 is 1.32 bits per heavy atom. The van der Waals surface area contributed by atoms with Crippen LogP contribution in [-0.4, -0.2) is 42.7 Å². The van der Waals surface area contributed by atoms with E-state index in [2.05, 4.69) is 11.9 Å². The van der Waals surface area contributed by atoms with Crippen molar-refractivity contribution in [3.63, 3.8) is 0 Å². The lowest BCUT2D eigenvalue weighted by atomic mass is 9.81. The van der Waals surface area contributed by atoms with Crippen molar-refractivity contribution in [2.45, 2.75) is 24.9 Å². The number of nitrogens with zero attached hydrogens (tertiary/aromatic N) is 1. The predicted octanol–water partition coefficient (Wildman–Crippen LogP) is 1.93. The number of carbonyl (C=O) groups is 2. The van der Waals surface area contributed by atoms with Gasteiger partial charge >= 0.3 is 0 Å². The van der Waals surface area contributed by atoms with Gasteiger partial charge in [0.15, 0.2) is 12.1 Å². The molecule has 100 valence electrons. The van der Waals surface area contributed by atoms with Crippen molar-refractivity contribution in [2.75, 3.05) is 20.1 Å². The quantitative estimate of drug-likeness (QED) is 0.723. The molecule has 2 aliphatic rings. The van der Waals surface area contributed by atoms with Crippen molar-refractivity contribution in [2.24, 2.45) is 0 Å². The number of aldehydes is 1. The van der Waals surface area contributed by atoms with Crippen molar-refractivity contribution in [3.05, 3.63) is 29.3 Å². The molecule has 0 saturated carbocycles. The highest BCUT2D eigenvalue weighted by atomic mass is 16.5. The molecule has 0 unspecified atom stereocenters. The van der Waals surface area contributed by atoms with E-state index in [-0.39, 0.29) is 11.4 Å². The lowest BCUT2D eigenvalue weighted by Crippen LogP contribution is -2.50. The van der Waals surface area contributed by atoms with Gasteiger partial charge in [-0.25, -0.2) is 0 Å². The minimum Gasteiger partial charge on any atom is -0.486 e. The van der Waals surface area contributed by atoms with E-state index in [4.69, 9.17) is 4.74 Å². The summed E-state index contributed by atoms with van der Waals surface area (Å²) in [7, 11) is 2.08. The standard InChI is InChI=1S/C15H17NO3/c1-16-7-5-15(6-8-16)9-12(18)14-11(10-17)3-2-4-13(14)19-15/h2-4,10H,5-9H2,1H3. The van der Waals surface area contributed by atoms with Gasteiger partial charge in [-0.1, -0.05) is 12.1 Å². The summed E-state index contributed by atoms with van der Waals surface area (Å²) in [5.74, 6) is 0.610. The van der Waals surface area contributed by atoms with E-state index >= 15 is 0 Å². The summed E-state index contributed by atoms with van der Waals surface area (Å²) in [6.45, 7) is 1.88. The van der Waals surface area contributed by atoms with Crippen molar-refractivity contribution in [1.82, 2.24) is 4.90 Å². The normalized spacial score (nSPS) is 21.8. The molecule has 1 aromatic carbocycles. The number of hydrogen-bond donors (Lipinski definition) is 0. The van der Waals surface area contributed by atoms with Crippen molar-refractivity contribution < 1.29 is 14.3 Å². The lowest BCUT2D eigenvalue weighted by molar-refractivity contribution is -0.00378. The summed E-state index contributed by atoms with van der Waals surface area (Å²) in [5, 5.41) is 0. The molecule has 1 saturated heterocycles. The zero-order valence-corrected chi connectivity index (χ0v) is 11.0. The van der Waals surface area contributed by atoms with Gasteiger partial charge < -0.3 is 9.64 Å². The molecular formula is C15H17NO3. The highest BCUT2D eigenvalue weighted by Gasteiger charge is 2.42. The van der Waals surface area contributed by atoms with Gasteiger partial charge in [0.1, 0.15) is 11.4 Å². The maximum absolute atomic E-state index is 12.4. The third kappa shape index (κ3) is 2.06. The Labute approximate surface area is 112 Å². The van der Waals surface area contributed by atoms with Crippen LogP contribution < -0.4 is 4.74 Å². The van der Waals surface area contributed by atoms with E-state index in [9.17, 15) is 9.59 Å². The molecule has 1 spiro atoms. The predicted molar refractivity (Wildman–Crippen MR) is 70.9 cm³/mol. The Hall–Kier alpha value is -1.68. The molecule has 4 nitrogen and oxygen atoms in total. The number of hydrogen-bond acceptors (Lipinski definition) is 4. The Morgan fingerprint density at radius 3 is 2.74 bits per heavy atom. The van der Waals surface area contributed by atoms with Gasteiger partial charge in [0, 0.05) is 31.5 Å². The molecule has 3 rings (SSSR count). The van der Waals surface area contributed by atoms with Crippen LogP contribution in [0.15, 0.2) is 18.2 Å². The first-order valence-electron chi connectivity index (χ1n) is 6.62. The molecule has 1 aromatic rings. The van der Waals surface area contributed by atoms with Crippen molar-refractivity contribution in [1.29, 1.82) is 0 Å². The number of benzene rings is 1. The van der Waals surface area contributed by atoms with Gasteiger partial charge in [-0.15, -0.1) is 0 Å². The molecule has 0 atom stereocenters. The molecule has 0 radical (unpaired) electrons. The van der Waals surface area contributed by atoms with Gasteiger partial charge in [0.05, 0.1) is 12.0 Å². The van der Waals surface area contributed by atoms with Crippen LogP contribution >= 0.6 is 0 Å². The molecule has 1 fully saturated rings. The second-order valence-electron chi connectivity index (χ2n) is 5.53. The Bertz CT molecular complexity index is 530. The maximum Gasteiger partial charge on any atom is 0.171 e. The molecule has 2 aliphatic heterocycles. The number of likely N-dealkylation sites (tertiary alicyclic amines) is 1. The van der Waals surface area contributed by atoms with E-state index in [0.717, 1.165) is 32.2 Å². The molecule has 0 bridgehead atoms. The van der Waals surface area contributed by atoms with Gasteiger partial charge in [0.2, 0.25) is 0 Å². The first-order valence-corrected chi connectivity index (χ1v) is 6.62. The van der Waals surface area contributed by atoms with Crippen LogP contribution in [0.4, 0.5) is 0 Å². The van der Waals surface area contributed by atoms with Gasteiger partial charge in [-0.05, 0) is 13.1 Å². The van der Waals surface area contributed by atoms with E-state index in [1.165, 1.54) is 0 Å². The van der Waals surface area contributed by atoms with Crippen molar-refractivity contribution in [3.8, 4) is 5.75 Å². The summed E-state index contributed by atoms with van der Waals surface area (Å²) >= 11 is 0. The number of ether oxygens (including phenoxy) is 1. The van der Waals surface area contributed by atoms with Crippen LogP contribution in [0.2, 0.25) is 0 Å². The fourth-order valence-corrected chi connectivity index (χ4v) is 2.98. The monoisotopic (exact) mass is 259 g/mol. The van der Waals surface area contributed by atoms with Gasteiger partial charge in [-0.2, -0.15) is 0 Å². The van der Waals surface area contributed by atoms with E-state index < -0.39 is 0 Å². The average Bonchev–Trinajstić information content (AvgIpc) is 2.41. The summed E-state index contributed by atoms with van der Waals surface area (Å²) < 4.78 is 6.12. The summed E-state index contributed by atoms with van der Waals surface area (Å²) in [6, 6.07) is 5.23. The molecule has 4 heteroatoms. The van der Waals surface area contributed by atoms with Crippen LogP contribution in [0.25, 0.3) is 0 Å². The molecule has 0 aliphatic carbocycles. The van der Waals surface area contributed by atoms with Crippen LogP contribution in [-0.2, 0) is 0 Å². The third-order valence-electron chi connectivity index (χ3n) is 4.17. The SMILES string of the molecule is CN1CCC2(CC1)CC(=O)c1c(C=O)cccc1O2. The fraction of sp³-hybridized carbons (Fsp3) is 0.467. The number of piperidine rings is 1. The second kappa shape index (κ2) is 4.46. The Kier molecular flexibility index (Phi) is 2.90. The first kappa shape index (κ1) is 12.4. The van der Waals surface area contributed by atoms with Crippen LogP contribution in [0.5, 0.6) is 5.75 Å². The summed E-state index contributed by atoms with van der Waals surface area (Å²) in [5.41, 5.74) is 0.533. The highest BCUT2D eigenvalue weighted by molar-refractivity contribution is 6.06. The van der Waals surface area contributed by atoms with E-state index in [1.807, 2.05) is 0 Å². The number of carbonyl (C=O) groups excluding carboxylic acids is 2. The highest BCUT2D eigenvalue weighted by Crippen LogP contribution is 2.39. The number of Topliss-reactive ketones (excluding diaryl/α,β-unsaturated/α-hetero) is 1. The zero-order valence-electron chi connectivity index (χ0n) is 11.0. The lowest BCUT2D eigenvalue weighted by Gasteiger charge is -2.43. The number of rotatable bonds is 1. The van der Waals surface area contributed by atoms with Crippen LogP contribution in [0, 0.1) is 0 Å². The molecule has 0 aromatic heterocycles. The summed E-state index contributed by atoms with van der Waals surface area (Å²) in [4.78, 5) is 25.6. The first-order chi connectivity index (χ1) is 9.13. The molecule has 0 N–H and O–H groups in total. The Morgan fingerprint density at radius 2 is 2.05 bits per heavy atom. The van der Waals surface area contributed by atoms with Crippen molar-refractivity contribution >= 4 is 12.1 Å². The molecular weight excluding hydrogens is 242 g/mol. The maximum atomic E-state index is 12.4.